The molecule has 4 rings (SSSR count). The molecule has 2 atom stereocenters. The van der Waals surface area contributed by atoms with Gasteiger partial charge < -0.3 is 14.9 Å². The molecule has 2 aromatic rings. The molecule has 0 saturated heterocycles. The fourth-order valence-electron chi connectivity index (χ4n) is 5.79. The Morgan fingerprint density at radius 2 is 0.750 bits per heavy atom. The van der Waals surface area contributed by atoms with Crippen LogP contribution in [-0.2, 0) is 34.1 Å². The van der Waals surface area contributed by atoms with Gasteiger partial charge in [0.2, 0.25) is 0 Å². The Balaban J connectivity index is 0. The molecule has 2 aliphatic carbocycles. The summed E-state index contributed by atoms with van der Waals surface area (Å²) in [5.74, 6) is 0. The first kappa shape index (κ1) is 38.5. The van der Waals surface area contributed by atoms with E-state index in [1.54, 1.807) is 10.6 Å². The second kappa shape index (κ2) is 17.8. The molecule has 0 radical (unpaired) electrons. The molecule has 4 heteroatoms. The van der Waals surface area contributed by atoms with Crippen LogP contribution in [0.4, 0.5) is 0 Å². The average Bonchev–Trinajstić information content (AvgIpc) is 3.43. The first-order chi connectivity index (χ1) is 15.2. The molecule has 2 saturated carbocycles. The molecular formula is C32H52Fe2P2-2. The quantitative estimate of drug-likeness (QED) is 0.184. The summed E-state index contributed by atoms with van der Waals surface area (Å²) in [6.07, 6.45) is 11.6. The maximum absolute atomic E-state index is 2.42. The molecule has 208 valence electrons. The van der Waals surface area contributed by atoms with Crippen LogP contribution in [0, 0.1) is 14.9 Å². The molecule has 0 spiro atoms. The zero-order valence-corrected chi connectivity index (χ0v) is 28.2. The van der Waals surface area contributed by atoms with Crippen LogP contribution in [0.1, 0.15) is 92.9 Å². The number of rotatable bonds is 4. The van der Waals surface area contributed by atoms with Crippen molar-refractivity contribution in [3.63, 3.8) is 0 Å². The second-order valence-electron chi connectivity index (χ2n) is 11.6. The average molecular weight is 610 g/mol. The van der Waals surface area contributed by atoms with Gasteiger partial charge in [0.25, 0.3) is 0 Å². The van der Waals surface area contributed by atoms with Gasteiger partial charge in [-0.3, -0.25) is 0 Å². The Morgan fingerprint density at radius 3 is 0.972 bits per heavy atom. The van der Waals surface area contributed by atoms with Crippen LogP contribution < -0.4 is 10.6 Å². The minimum Gasteiger partial charge on any atom is -0.358 e. The van der Waals surface area contributed by atoms with E-state index in [0.29, 0.717) is 10.3 Å². The molecule has 0 nitrogen and oxygen atoms in total. The summed E-state index contributed by atoms with van der Waals surface area (Å²) in [7, 11) is 0.00412. The van der Waals surface area contributed by atoms with E-state index in [4.69, 9.17) is 0 Å². The van der Waals surface area contributed by atoms with Crippen molar-refractivity contribution in [2.45, 2.75) is 115 Å². The summed E-state index contributed by atoms with van der Waals surface area (Å²) in [4.78, 5) is 0. The van der Waals surface area contributed by atoms with Gasteiger partial charge in [-0.2, -0.15) is 0 Å². The maximum atomic E-state index is 2.42. The van der Waals surface area contributed by atoms with Crippen molar-refractivity contribution >= 4 is 26.5 Å². The van der Waals surface area contributed by atoms with E-state index >= 15 is 0 Å². The third kappa shape index (κ3) is 11.2. The van der Waals surface area contributed by atoms with Crippen LogP contribution in [0.5, 0.6) is 0 Å². The van der Waals surface area contributed by atoms with Gasteiger partial charge in [0.15, 0.2) is 0 Å². The summed E-state index contributed by atoms with van der Waals surface area (Å²) in [6.45, 7) is 14.5. The van der Waals surface area contributed by atoms with Crippen molar-refractivity contribution in [3.05, 3.63) is 75.5 Å². The van der Waals surface area contributed by atoms with Gasteiger partial charge in [-0.15, -0.1) is 0 Å². The monoisotopic (exact) mass is 610 g/mol. The maximum Gasteiger partial charge on any atom is 0 e. The second-order valence-corrected chi connectivity index (χ2v) is 18.3. The summed E-state index contributed by atoms with van der Waals surface area (Å²) < 4.78 is 0. The summed E-state index contributed by atoms with van der Waals surface area (Å²) in [5.41, 5.74) is 1.94. The predicted octanol–water partition coefficient (Wildman–Crippen LogP) is 9.97. The fourth-order valence-corrected chi connectivity index (χ4v) is 13.1. The van der Waals surface area contributed by atoms with Gasteiger partial charge in [-0.25, -0.2) is 0 Å². The van der Waals surface area contributed by atoms with E-state index in [1.807, 2.05) is 0 Å². The Kier molecular flexibility index (Phi) is 19.1. The molecule has 0 N–H and O–H groups in total. The normalized spacial score (nSPS) is 17.7. The number of benzene rings is 2. The van der Waals surface area contributed by atoms with E-state index in [-0.39, 0.29) is 64.8 Å². The van der Waals surface area contributed by atoms with Crippen molar-refractivity contribution in [2.75, 3.05) is 0 Å². The van der Waals surface area contributed by atoms with E-state index in [2.05, 4.69) is 102 Å². The van der Waals surface area contributed by atoms with Gasteiger partial charge in [0, 0.05) is 34.1 Å². The number of hydrogen-bond donors (Lipinski definition) is 0. The van der Waals surface area contributed by atoms with Crippen LogP contribution in [0.15, 0.2) is 60.7 Å². The van der Waals surface area contributed by atoms with Gasteiger partial charge in [-0.05, 0) is 57.9 Å². The summed E-state index contributed by atoms with van der Waals surface area (Å²) in [6, 6.07) is 22.4. The molecule has 2 unspecified atom stereocenters. The topological polar surface area (TPSA) is 0 Å². The first-order valence-electron chi connectivity index (χ1n) is 12.9. The molecule has 0 aliphatic heterocycles. The van der Waals surface area contributed by atoms with Crippen LogP contribution in [0.3, 0.4) is 0 Å². The van der Waals surface area contributed by atoms with Gasteiger partial charge in [-0.1, -0.05) is 144 Å². The Bertz CT molecular complexity index is 715. The van der Waals surface area contributed by atoms with Crippen molar-refractivity contribution in [3.8, 4) is 0 Å². The van der Waals surface area contributed by atoms with E-state index in [1.165, 1.54) is 51.4 Å². The minimum atomic E-state index is 0. The summed E-state index contributed by atoms with van der Waals surface area (Å²) >= 11 is 0. The molecule has 2 fully saturated rings. The third-order valence-corrected chi connectivity index (χ3v) is 14.0. The molecule has 0 amide bonds. The standard InChI is InChI=1S/2C15H23P.2CH3.2Fe/c2*1-15(2,3)16(14-11-7-8-12-14)13-9-5-4-6-10-13;;;;/h2*4-6,9-10,14H,7-8,11-12H2,1-3H3;2*1H3;;/q;;2*-1;;. The van der Waals surface area contributed by atoms with Crippen LogP contribution >= 0.6 is 15.8 Å². The SMILES string of the molecule is CC(C)(C)P(c1ccccc1)C1CCCC1.CC(C)(C)P(c1ccccc1)C1CCCC1.[CH3-].[CH3-].[Fe].[Fe]. The van der Waals surface area contributed by atoms with Gasteiger partial charge in [0.05, 0.1) is 0 Å². The smallest absolute Gasteiger partial charge is 0 e. The largest absolute Gasteiger partial charge is 0.358 e. The van der Waals surface area contributed by atoms with Gasteiger partial charge in [0.1, 0.15) is 0 Å². The van der Waals surface area contributed by atoms with Crippen molar-refractivity contribution < 1.29 is 34.1 Å². The molecule has 0 bridgehead atoms. The molecule has 2 aromatic carbocycles. The molecule has 36 heavy (non-hydrogen) atoms. The van der Waals surface area contributed by atoms with Crippen molar-refractivity contribution in [1.29, 1.82) is 0 Å². The zero-order chi connectivity index (χ0) is 23.2. The predicted molar refractivity (Wildman–Crippen MR) is 163 cm³/mol. The van der Waals surface area contributed by atoms with Crippen LogP contribution in [0.25, 0.3) is 0 Å². The van der Waals surface area contributed by atoms with E-state index in [9.17, 15) is 0 Å². The molecular weight excluding hydrogens is 558 g/mol. The molecule has 0 heterocycles. The third-order valence-electron chi connectivity index (χ3n) is 6.89. The van der Waals surface area contributed by atoms with E-state index in [0.717, 1.165) is 11.3 Å². The van der Waals surface area contributed by atoms with Gasteiger partial charge >= 0.3 is 0 Å². The molecule has 2 aliphatic rings. The first-order valence-corrected chi connectivity index (χ1v) is 15.7. The Morgan fingerprint density at radius 1 is 0.500 bits per heavy atom. The zero-order valence-electron chi connectivity index (χ0n) is 24.2. The number of hydrogen-bond acceptors (Lipinski definition) is 0. The molecule has 0 aromatic heterocycles. The van der Waals surface area contributed by atoms with Crippen LogP contribution in [0.2, 0.25) is 0 Å². The Labute approximate surface area is 249 Å². The van der Waals surface area contributed by atoms with Crippen molar-refractivity contribution in [2.24, 2.45) is 0 Å². The Hall–Kier alpha value is 0.339. The van der Waals surface area contributed by atoms with E-state index < -0.39 is 0 Å². The summed E-state index contributed by atoms with van der Waals surface area (Å²) in [5, 5.41) is 4.12. The fraction of sp³-hybridized carbons (Fsp3) is 0.562. The minimum absolute atomic E-state index is 0. The van der Waals surface area contributed by atoms with Crippen LogP contribution in [-0.4, -0.2) is 21.6 Å². The van der Waals surface area contributed by atoms with Crippen molar-refractivity contribution in [1.82, 2.24) is 0 Å².